The van der Waals surface area contributed by atoms with Crippen molar-refractivity contribution in [2.75, 3.05) is 46.3 Å². The van der Waals surface area contributed by atoms with Crippen LogP contribution in [0, 0.1) is 0 Å². The van der Waals surface area contributed by atoms with E-state index in [1.54, 1.807) is 24.3 Å². The molecule has 2 aromatic rings. The van der Waals surface area contributed by atoms with Crippen LogP contribution in [0.3, 0.4) is 0 Å². The van der Waals surface area contributed by atoms with Gasteiger partial charge in [-0.1, -0.05) is 11.6 Å². The highest BCUT2D eigenvalue weighted by Crippen LogP contribution is 2.36. The maximum atomic E-state index is 13.3. The molecule has 0 saturated heterocycles. The predicted molar refractivity (Wildman–Crippen MR) is 121 cm³/mol. The minimum absolute atomic E-state index is 0.0347. The largest absolute Gasteiger partial charge is 0.493 e. The Morgan fingerprint density at radius 1 is 1.09 bits per heavy atom. The summed E-state index contributed by atoms with van der Waals surface area (Å²) < 4.78 is 15.5. The topological polar surface area (TPSA) is 114 Å². The number of aliphatic hydroxyl groups is 1. The summed E-state index contributed by atoms with van der Waals surface area (Å²) in [7, 11) is 4.08. The summed E-state index contributed by atoms with van der Waals surface area (Å²) in [4.78, 5) is 39.9. The number of ketones is 1. The number of β-amino-alcohol motifs (C(OH)–C–C–N with tert-alkyl or cyclic N) is 1. The van der Waals surface area contributed by atoms with Crippen LogP contribution in [-0.2, 0) is 14.3 Å². The molecular weight excluding hydrogens is 452 g/mol. The lowest BCUT2D eigenvalue weighted by atomic mass is 10.0. The van der Waals surface area contributed by atoms with E-state index in [4.69, 9.17) is 25.8 Å². The van der Waals surface area contributed by atoms with Gasteiger partial charge in [-0.25, -0.2) is 4.79 Å². The molecule has 174 valence electrons. The van der Waals surface area contributed by atoms with Gasteiger partial charge in [0, 0.05) is 28.8 Å². The summed E-state index contributed by atoms with van der Waals surface area (Å²) >= 11 is 5.94. The van der Waals surface area contributed by atoms with Gasteiger partial charge < -0.3 is 29.5 Å². The van der Waals surface area contributed by atoms with Gasteiger partial charge in [0.2, 0.25) is 0 Å². The van der Waals surface area contributed by atoms with Crippen LogP contribution in [0.1, 0.15) is 15.9 Å². The van der Waals surface area contributed by atoms with Crippen LogP contribution in [0.2, 0.25) is 5.02 Å². The lowest BCUT2D eigenvalue weighted by molar-refractivity contribution is -0.136. The second-order valence-electron chi connectivity index (χ2n) is 7.01. The van der Waals surface area contributed by atoms with Crippen molar-refractivity contribution in [1.29, 1.82) is 0 Å². The Hall–Kier alpha value is -3.56. The van der Waals surface area contributed by atoms with Gasteiger partial charge in [0.05, 0.1) is 45.7 Å². The van der Waals surface area contributed by atoms with Crippen LogP contribution in [0.15, 0.2) is 47.7 Å². The van der Waals surface area contributed by atoms with Crippen molar-refractivity contribution in [2.24, 2.45) is 0 Å². The van der Waals surface area contributed by atoms with Crippen molar-refractivity contribution in [2.45, 2.75) is 0 Å². The smallest absolute Gasteiger partial charge is 0.337 e. The zero-order valence-corrected chi connectivity index (χ0v) is 19.1. The average Bonchev–Trinajstić information content (AvgIpc) is 3.13. The number of carbonyl (C=O) groups is 3. The lowest BCUT2D eigenvalue weighted by Crippen LogP contribution is -2.31. The molecule has 33 heavy (non-hydrogen) atoms. The first-order chi connectivity index (χ1) is 15.8. The first-order valence-corrected chi connectivity index (χ1v) is 10.3. The number of hydrogen-bond donors (Lipinski definition) is 2. The fourth-order valence-electron chi connectivity index (χ4n) is 3.41. The molecule has 0 aromatic heterocycles. The van der Waals surface area contributed by atoms with Crippen molar-refractivity contribution in [3.05, 3.63) is 63.8 Å². The summed E-state index contributed by atoms with van der Waals surface area (Å²) in [6, 6.07) is 9.33. The van der Waals surface area contributed by atoms with Gasteiger partial charge in [0.1, 0.15) is 5.70 Å². The molecule has 0 bridgehead atoms. The van der Waals surface area contributed by atoms with Crippen LogP contribution in [0.4, 0.5) is 5.69 Å². The Morgan fingerprint density at radius 3 is 2.30 bits per heavy atom. The Bertz CT molecular complexity index is 1110. The van der Waals surface area contributed by atoms with E-state index in [9.17, 15) is 19.5 Å². The zero-order valence-electron chi connectivity index (χ0n) is 18.3. The summed E-state index contributed by atoms with van der Waals surface area (Å²) in [5.74, 6) is -0.956. The van der Waals surface area contributed by atoms with Crippen molar-refractivity contribution in [3.63, 3.8) is 0 Å². The number of esters is 1. The molecule has 0 aliphatic carbocycles. The maximum absolute atomic E-state index is 13.3. The van der Waals surface area contributed by atoms with Crippen molar-refractivity contribution in [1.82, 2.24) is 4.90 Å². The number of nitrogens with one attached hydrogen (secondary N) is 1. The number of aliphatic hydroxyl groups excluding tert-OH is 1. The highest BCUT2D eigenvalue weighted by atomic mass is 35.5. The van der Waals surface area contributed by atoms with Gasteiger partial charge in [0.15, 0.2) is 17.3 Å². The molecule has 0 radical (unpaired) electrons. The van der Waals surface area contributed by atoms with Crippen LogP contribution in [-0.4, -0.2) is 68.7 Å². The molecule has 0 atom stereocenters. The van der Waals surface area contributed by atoms with Gasteiger partial charge in [-0.15, -0.1) is 0 Å². The number of hydrogen-bond acceptors (Lipinski definition) is 8. The number of carbonyl (C=O) groups excluding carboxylic acids is 3. The van der Waals surface area contributed by atoms with E-state index >= 15 is 0 Å². The van der Waals surface area contributed by atoms with E-state index in [1.807, 2.05) is 0 Å². The third-order valence-corrected chi connectivity index (χ3v) is 5.34. The minimum atomic E-state index is -0.697. The van der Waals surface area contributed by atoms with Crippen LogP contribution < -0.4 is 14.8 Å². The van der Waals surface area contributed by atoms with Crippen molar-refractivity contribution in [3.8, 4) is 11.5 Å². The molecule has 0 spiro atoms. The second-order valence-corrected chi connectivity index (χ2v) is 7.45. The number of halogens is 1. The quantitative estimate of drug-likeness (QED) is 0.420. The van der Waals surface area contributed by atoms with E-state index in [1.165, 1.54) is 38.4 Å². The number of benzene rings is 2. The maximum Gasteiger partial charge on any atom is 0.337 e. The zero-order chi connectivity index (χ0) is 24.1. The van der Waals surface area contributed by atoms with Crippen molar-refractivity contribution < 1.29 is 33.7 Å². The summed E-state index contributed by atoms with van der Waals surface area (Å²) in [5.41, 5.74) is 0.795. The number of amides is 1. The molecule has 10 heteroatoms. The molecule has 1 heterocycles. The Labute approximate surface area is 195 Å². The van der Waals surface area contributed by atoms with E-state index in [0.29, 0.717) is 22.1 Å². The molecule has 2 aromatic carbocycles. The fourth-order valence-corrected chi connectivity index (χ4v) is 3.54. The van der Waals surface area contributed by atoms with Gasteiger partial charge in [-0.3, -0.25) is 9.59 Å². The number of anilines is 1. The monoisotopic (exact) mass is 474 g/mol. The van der Waals surface area contributed by atoms with Gasteiger partial charge in [-0.05, 0) is 30.3 Å². The normalized spacial score (nSPS) is 13.2. The van der Waals surface area contributed by atoms with Crippen LogP contribution in [0.5, 0.6) is 11.5 Å². The standard InChI is InChI=1S/C23H23ClN2O7/c1-31-18-10-15(21(28)13-4-6-14(24)7-5-13)17(11-19(18)32-2)25-20-16(23(30)33-3)12-26(8-9-27)22(20)29/h4-7,10-11,25,27H,8-9,12H2,1-3H3. The molecular formula is C23H23ClN2O7. The van der Waals surface area contributed by atoms with Gasteiger partial charge in [0.25, 0.3) is 5.91 Å². The van der Waals surface area contributed by atoms with E-state index in [0.717, 1.165) is 0 Å². The summed E-state index contributed by atoms with van der Waals surface area (Å²) in [6.07, 6.45) is 0. The second kappa shape index (κ2) is 10.4. The number of methoxy groups -OCH3 is 3. The molecule has 0 saturated carbocycles. The highest BCUT2D eigenvalue weighted by Gasteiger charge is 2.35. The van der Waals surface area contributed by atoms with Crippen molar-refractivity contribution >= 4 is 34.9 Å². The lowest BCUT2D eigenvalue weighted by Gasteiger charge is -2.18. The molecule has 1 aliphatic heterocycles. The van der Waals surface area contributed by atoms with Crippen LogP contribution in [0.25, 0.3) is 0 Å². The third kappa shape index (κ3) is 4.94. The number of nitrogens with zero attached hydrogens (tertiary/aromatic N) is 1. The molecule has 3 rings (SSSR count). The van der Waals surface area contributed by atoms with Gasteiger partial charge in [-0.2, -0.15) is 0 Å². The molecule has 1 amide bonds. The van der Waals surface area contributed by atoms with Gasteiger partial charge >= 0.3 is 5.97 Å². The first kappa shape index (κ1) is 24.1. The Kier molecular flexibility index (Phi) is 7.57. The molecule has 0 fully saturated rings. The van der Waals surface area contributed by atoms with E-state index < -0.39 is 11.9 Å². The predicted octanol–water partition coefficient (Wildman–Crippen LogP) is 2.26. The summed E-state index contributed by atoms with van der Waals surface area (Å²) in [5, 5.41) is 12.7. The first-order valence-electron chi connectivity index (χ1n) is 9.89. The highest BCUT2D eigenvalue weighted by molar-refractivity contribution is 6.30. The Morgan fingerprint density at radius 2 is 1.73 bits per heavy atom. The number of ether oxygens (including phenoxy) is 3. The third-order valence-electron chi connectivity index (χ3n) is 5.09. The average molecular weight is 475 g/mol. The molecule has 1 aliphatic rings. The van der Waals surface area contributed by atoms with E-state index in [-0.39, 0.29) is 48.0 Å². The summed E-state index contributed by atoms with van der Waals surface area (Å²) in [6.45, 7) is -0.278. The molecule has 2 N–H and O–H groups in total. The molecule has 9 nitrogen and oxygen atoms in total. The Balaban J connectivity index is 2.12. The fraction of sp³-hybridized carbons (Fsp3) is 0.261. The van der Waals surface area contributed by atoms with Crippen LogP contribution >= 0.6 is 11.6 Å². The van der Waals surface area contributed by atoms with E-state index in [2.05, 4.69) is 5.32 Å². The SMILES string of the molecule is COC(=O)C1=C(Nc2cc(OC)c(OC)cc2C(=O)c2ccc(Cl)cc2)C(=O)N(CCO)C1. The number of rotatable bonds is 9. The minimum Gasteiger partial charge on any atom is -0.493 e. The molecule has 0 unspecified atom stereocenters.